The summed E-state index contributed by atoms with van der Waals surface area (Å²) in [7, 11) is 0. The average molecular weight is 309 g/mol. The van der Waals surface area contributed by atoms with E-state index in [-0.39, 0.29) is 6.10 Å². The fourth-order valence-corrected chi connectivity index (χ4v) is 2.33. The predicted octanol–water partition coefficient (Wildman–Crippen LogP) is 3.59. The van der Waals surface area contributed by atoms with Crippen LogP contribution in [0.5, 0.6) is 0 Å². The first-order valence-electron chi connectivity index (χ1n) is 7.08. The summed E-state index contributed by atoms with van der Waals surface area (Å²) in [5.74, 6) is 0.563. The van der Waals surface area contributed by atoms with Gasteiger partial charge < -0.3 is 9.52 Å². The number of aromatic nitrogens is 1. The summed E-state index contributed by atoms with van der Waals surface area (Å²) in [5, 5.41) is 10.2. The molecule has 5 heteroatoms. The molecule has 1 aromatic heterocycles. The quantitative estimate of drug-likeness (QED) is 0.886. The molecule has 0 aliphatic rings. The topological polar surface area (TPSA) is 49.5 Å². The van der Waals surface area contributed by atoms with E-state index in [0.29, 0.717) is 30.0 Å². The van der Waals surface area contributed by atoms with Gasteiger partial charge in [-0.15, -0.1) is 0 Å². The van der Waals surface area contributed by atoms with Crippen LogP contribution in [0.1, 0.15) is 26.5 Å². The highest BCUT2D eigenvalue weighted by molar-refractivity contribution is 6.30. The Labute approximate surface area is 130 Å². The van der Waals surface area contributed by atoms with E-state index in [9.17, 15) is 5.11 Å². The molecule has 0 aliphatic carbocycles. The lowest BCUT2D eigenvalue weighted by Gasteiger charge is -2.26. The number of hydrogen-bond donors (Lipinski definition) is 1. The highest BCUT2D eigenvalue weighted by Gasteiger charge is 2.15. The molecule has 0 fully saturated rings. The summed E-state index contributed by atoms with van der Waals surface area (Å²) in [5.41, 5.74) is 1.71. The fourth-order valence-electron chi connectivity index (χ4n) is 2.14. The van der Waals surface area contributed by atoms with E-state index in [0.717, 1.165) is 11.3 Å². The first kappa shape index (κ1) is 16.0. The maximum atomic E-state index is 9.56. The summed E-state index contributed by atoms with van der Waals surface area (Å²) in [4.78, 5) is 6.66. The fraction of sp³-hybridized carbons (Fsp3) is 0.438. The molecule has 0 saturated heterocycles. The lowest BCUT2D eigenvalue weighted by molar-refractivity contribution is 0.102. The third-order valence-corrected chi connectivity index (χ3v) is 3.45. The van der Waals surface area contributed by atoms with Gasteiger partial charge in [-0.2, -0.15) is 0 Å². The molecule has 0 radical (unpaired) electrons. The van der Waals surface area contributed by atoms with Crippen molar-refractivity contribution in [3.8, 4) is 11.5 Å². The molecule has 1 aromatic carbocycles. The van der Waals surface area contributed by atoms with Gasteiger partial charge in [0.1, 0.15) is 6.26 Å². The molecule has 21 heavy (non-hydrogen) atoms. The summed E-state index contributed by atoms with van der Waals surface area (Å²) < 4.78 is 5.53. The molecule has 0 saturated carbocycles. The van der Waals surface area contributed by atoms with Gasteiger partial charge in [0.2, 0.25) is 5.89 Å². The average Bonchev–Trinajstić information content (AvgIpc) is 2.86. The van der Waals surface area contributed by atoms with Crippen molar-refractivity contribution in [1.82, 2.24) is 9.88 Å². The van der Waals surface area contributed by atoms with E-state index in [1.807, 2.05) is 24.3 Å². The van der Waals surface area contributed by atoms with Gasteiger partial charge in [-0.3, -0.25) is 4.90 Å². The number of aliphatic hydroxyl groups is 1. The number of benzene rings is 1. The van der Waals surface area contributed by atoms with Gasteiger partial charge in [-0.1, -0.05) is 17.7 Å². The Kier molecular flexibility index (Phi) is 5.39. The maximum Gasteiger partial charge on any atom is 0.226 e. The molecule has 0 spiro atoms. The molecule has 0 bridgehead atoms. The number of nitrogens with zero attached hydrogens (tertiary/aromatic N) is 2. The monoisotopic (exact) mass is 308 g/mol. The predicted molar refractivity (Wildman–Crippen MR) is 84.2 cm³/mol. The zero-order valence-corrected chi connectivity index (χ0v) is 13.3. The second-order valence-corrected chi connectivity index (χ2v) is 5.96. The Bertz CT molecular complexity index is 581. The Morgan fingerprint density at radius 1 is 1.33 bits per heavy atom. The van der Waals surface area contributed by atoms with Crippen LogP contribution in [0.15, 0.2) is 34.9 Å². The Morgan fingerprint density at radius 2 is 2.10 bits per heavy atom. The molecule has 0 amide bonds. The summed E-state index contributed by atoms with van der Waals surface area (Å²) >= 11 is 5.98. The molecule has 1 unspecified atom stereocenters. The van der Waals surface area contributed by atoms with Crippen molar-refractivity contribution in [2.75, 3.05) is 6.54 Å². The van der Waals surface area contributed by atoms with Gasteiger partial charge in [-0.25, -0.2) is 4.98 Å². The lowest BCUT2D eigenvalue weighted by Crippen LogP contribution is -2.36. The normalized spacial score (nSPS) is 13.1. The van der Waals surface area contributed by atoms with Crippen molar-refractivity contribution >= 4 is 11.6 Å². The molecule has 114 valence electrons. The first-order chi connectivity index (χ1) is 9.95. The van der Waals surface area contributed by atoms with Crippen LogP contribution in [0.4, 0.5) is 0 Å². The smallest absolute Gasteiger partial charge is 0.226 e. The van der Waals surface area contributed by atoms with E-state index in [2.05, 4.69) is 23.7 Å². The molecule has 1 atom stereocenters. The molecule has 2 aromatic rings. The summed E-state index contributed by atoms with van der Waals surface area (Å²) in [6.07, 6.45) is 1.29. The van der Waals surface area contributed by atoms with E-state index < -0.39 is 0 Å². The molecular formula is C16H21ClN2O2. The van der Waals surface area contributed by atoms with Crippen molar-refractivity contribution < 1.29 is 9.52 Å². The SMILES string of the molecule is CC(O)CN(Cc1coc(-c2cccc(Cl)c2)n1)C(C)C. The third-order valence-electron chi connectivity index (χ3n) is 3.22. The van der Waals surface area contributed by atoms with Crippen molar-refractivity contribution in [1.29, 1.82) is 0 Å². The molecule has 2 rings (SSSR count). The van der Waals surface area contributed by atoms with Gasteiger partial charge in [0, 0.05) is 29.7 Å². The number of hydrogen-bond acceptors (Lipinski definition) is 4. The number of rotatable bonds is 6. The van der Waals surface area contributed by atoms with Crippen LogP contribution in [0.3, 0.4) is 0 Å². The van der Waals surface area contributed by atoms with Crippen LogP contribution in [-0.4, -0.2) is 33.7 Å². The number of oxazole rings is 1. The minimum Gasteiger partial charge on any atom is -0.444 e. The second-order valence-electron chi connectivity index (χ2n) is 5.53. The van der Waals surface area contributed by atoms with Gasteiger partial charge in [0.15, 0.2) is 0 Å². The van der Waals surface area contributed by atoms with Gasteiger partial charge in [0.05, 0.1) is 11.8 Å². The molecule has 1 N–H and O–H groups in total. The summed E-state index contributed by atoms with van der Waals surface area (Å²) in [6, 6.07) is 7.75. The Morgan fingerprint density at radius 3 is 2.71 bits per heavy atom. The van der Waals surface area contributed by atoms with E-state index >= 15 is 0 Å². The van der Waals surface area contributed by atoms with Crippen LogP contribution in [0.2, 0.25) is 5.02 Å². The van der Waals surface area contributed by atoms with Crippen LogP contribution >= 0.6 is 11.6 Å². The van der Waals surface area contributed by atoms with Crippen LogP contribution in [0.25, 0.3) is 11.5 Å². The van der Waals surface area contributed by atoms with Gasteiger partial charge in [0.25, 0.3) is 0 Å². The molecule has 0 aliphatic heterocycles. The molecule has 4 nitrogen and oxygen atoms in total. The van der Waals surface area contributed by atoms with E-state index in [1.165, 1.54) is 0 Å². The maximum absolute atomic E-state index is 9.56. The molecule has 1 heterocycles. The van der Waals surface area contributed by atoms with E-state index in [4.69, 9.17) is 16.0 Å². The van der Waals surface area contributed by atoms with Crippen molar-refractivity contribution in [2.24, 2.45) is 0 Å². The van der Waals surface area contributed by atoms with Crippen LogP contribution < -0.4 is 0 Å². The van der Waals surface area contributed by atoms with Gasteiger partial charge >= 0.3 is 0 Å². The standard InChI is InChI=1S/C16H21ClN2O2/c1-11(2)19(8-12(3)20)9-15-10-21-16(18-15)13-5-4-6-14(17)7-13/h4-7,10-12,20H,8-9H2,1-3H3. The third kappa shape index (κ3) is 4.56. The number of halogens is 1. The van der Waals surface area contributed by atoms with Crippen LogP contribution in [0, 0.1) is 0 Å². The highest BCUT2D eigenvalue weighted by atomic mass is 35.5. The highest BCUT2D eigenvalue weighted by Crippen LogP contribution is 2.22. The Balaban J connectivity index is 2.12. The zero-order valence-electron chi connectivity index (χ0n) is 12.6. The number of aliphatic hydroxyl groups excluding tert-OH is 1. The van der Waals surface area contributed by atoms with E-state index in [1.54, 1.807) is 13.2 Å². The zero-order chi connectivity index (χ0) is 15.4. The minimum absolute atomic E-state index is 0.325. The van der Waals surface area contributed by atoms with Crippen molar-refractivity contribution in [2.45, 2.75) is 39.5 Å². The van der Waals surface area contributed by atoms with Crippen LogP contribution in [-0.2, 0) is 6.54 Å². The summed E-state index contributed by atoms with van der Waals surface area (Å²) in [6.45, 7) is 7.24. The largest absolute Gasteiger partial charge is 0.444 e. The molecular weight excluding hydrogens is 288 g/mol. The Hall–Kier alpha value is -1.36. The minimum atomic E-state index is -0.369. The first-order valence-corrected chi connectivity index (χ1v) is 7.46. The van der Waals surface area contributed by atoms with Gasteiger partial charge in [-0.05, 0) is 39.0 Å². The van der Waals surface area contributed by atoms with Crippen molar-refractivity contribution in [3.05, 3.63) is 41.2 Å². The van der Waals surface area contributed by atoms with Crippen molar-refractivity contribution in [3.63, 3.8) is 0 Å². The lowest BCUT2D eigenvalue weighted by atomic mass is 10.2. The second kappa shape index (κ2) is 7.07.